The Kier molecular flexibility index (Phi) is 5.47. The zero-order valence-electron chi connectivity index (χ0n) is 10.7. The van der Waals surface area contributed by atoms with Gasteiger partial charge in [0.2, 0.25) is 0 Å². The number of nitrogens with one attached hydrogen (secondary N) is 1. The van der Waals surface area contributed by atoms with Crippen molar-refractivity contribution < 1.29 is 9.53 Å². The lowest BCUT2D eigenvalue weighted by atomic mass is 10.0. The predicted molar refractivity (Wildman–Crippen MR) is 79.0 cm³/mol. The monoisotopic (exact) mass is 304 g/mol. The normalized spacial score (nSPS) is 21.8. The molecule has 4 nitrogen and oxygen atoms in total. The Hall–Kier alpha value is -0.970. The molecule has 0 radical (unpaired) electrons. The molecular formula is C13H18Cl2N2O2. The van der Waals surface area contributed by atoms with Gasteiger partial charge in [-0.2, -0.15) is 0 Å². The first kappa shape index (κ1) is 16.1. The summed E-state index contributed by atoms with van der Waals surface area (Å²) in [4.78, 5) is 12.0. The number of hydrogen-bond acceptors (Lipinski definition) is 3. The van der Waals surface area contributed by atoms with Gasteiger partial charge >= 0.3 is 0 Å². The van der Waals surface area contributed by atoms with E-state index in [1.54, 1.807) is 18.2 Å². The van der Waals surface area contributed by atoms with Crippen molar-refractivity contribution in [3.63, 3.8) is 0 Å². The van der Waals surface area contributed by atoms with Crippen molar-refractivity contribution in [2.75, 3.05) is 18.9 Å². The lowest BCUT2D eigenvalue weighted by Crippen LogP contribution is -2.40. The van der Waals surface area contributed by atoms with E-state index in [1.165, 1.54) is 0 Å². The molecule has 0 saturated carbocycles. The Balaban J connectivity index is 0.00000180. The van der Waals surface area contributed by atoms with Gasteiger partial charge in [0.25, 0.3) is 5.91 Å². The summed E-state index contributed by atoms with van der Waals surface area (Å²) in [6, 6.07) is 4.86. The summed E-state index contributed by atoms with van der Waals surface area (Å²) >= 11 is 5.98. The Morgan fingerprint density at radius 2 is 2.32 bits per heavy atom. The summed E-state index contributed by atoms with van der Waals surface area (Å²) in [6.45, 7) is 3.26. The number of rotatable bonds is 3. The zero-order chi connectivity index (χ0) is 13.2. The molecule has 1 unspecified atom stereocenters. The Morgan fingerprint density at radius 3 is 2.89 bits per heavy atom. The van der Waals surface area contributed by atoms with Crippen molar-refractivity contribution in [1.82, 2.24) is 5.32 Å². The molecule has 1 aromatic rings. The van der Waals surface area contributed by atoms with Gasteiger partial charge in [-0.3, -0.25) is 4.79 Å². The van der Waals surface area contributed by atoms with Crippen LogP contribution in [0, 0.1) is 0 Å². The van der Waals surface area contributed by atoms with E-state index in [-0.39, 0.29) is 23.9 Å². The number of ether oxygens (including phenoxy) is 1. The van der Waals surface area contributed by atoms with Gasteiger partial charge in [0, 0.05) is 18.8 Å². The summed E-state index contributed by atoms with van der Waals surface area (Å²) in [5.74, 6) is -0.197. The highest BCUT2D eigenvalue weighted by Crippen LogP contribution is 2.24. The maximum atomic E-state index is 12.0. The number of anilines is 1. The van der Waals surface area contributed by atoms with Crippen LogP contribution in [0.5, 0.6) is 0 Å². The van der Waals surface area contributed by atoms with E-state index < -0.39 is 0 Å². The molecule has 6 heteroatoms. The summed E-state index contributed by atoms with van der Waals surface area (Å²) in [7, 11) is 0. The predicted octanol–water partition coefficient (Wildman–Crippen LogP) is 2.64. The molecule has 1 heterocycles. The molecule has 19 heavy (non-hydrogen) atoms. The Labute approximate surface area is 124 Å². The number of nitrogen functional groups attached to an aromatic ring is 1. The van der Waals surface area contributed by atoms with Crippen molar-refractivity contribution in [1.29, 1.82) is 0 Å². The van der Waals surface area contributed by atoms with Gasteiger partial charge in [-0.15, -0.1) is 12.4 Å². The zero-order valence-corrected chi connectivity index (χ0v) is 12.3. The number of carbonyl (C=O) groups excluding carboxylic acids is 1. The second-order valence-electron chi connectivity index (χ2n) is 4.82. The van der Waals surface area contributed by atoms with Crippen molar-refractivity contribution in [2.24, 2.45) is 0 Å². The summed E-state index contributed by atoms with van der Waals surface area (Å²) in [6.07, 6.45) is 2.00. The number of hydrogen-bond donors (Lipinski definition) is 2. The molecule has 1 amide bonds. The highest BCUT2D eigenvalue weighted by molar-refractivity contribution is 6.34. The van der Waals surface area contributed by atoms with E-state index in [1.807, 2.05) is 6.92 Å². The van der Waals surface area contributed by atoms with E-state index in [2.05, 4.69) is 5.32 Å². The van der Waals surface area contributed by atoms with E-state index >= 15 is 0 Å². The van der Waals surface area contributed by atoms with E-state index in [0.717, 1.165) is 19.4 Å². The van der Waals surface area contributed by atoms with Crippen LogP contribution in [0.1, 0.15) is 30.1 Å². The standard InChI is InChI=1S/C13H17ClN2O2.ClH/c1-13(5-2-6-18-13)8-16-12(17)10-4-3-9(15)7-11(10)14;/h3-4,7H,2,5-6,8,15H2,1H3,(H,16,17);1H. The van der Waals surface area contributed by atoms with Gasteiger partial charge in [-0.25, -0.2) is 0 Å². The van der Waals surface area contributed by atoms with Crippen LogP contribution in [0.25, 0.3) is 0 Å². The topological polar surface area (TPSA) is 64.4 Å². The second kappa shape index (κ2) is 6.46. The van der Waals surface area contributed by atoms with E-state index in [9.17, 15) is 4.79 Å². The summed E-state index contributed by atoms with van der Waals surface area (Å²) in [5.41, 5.74) is 6.31. The van der Waals surface area contributed by atoms with Crippen LogP contribution in [0.4, 0.5) is 5.69 Å². The minimum Gasteiger partial charge on any atom is -0.399 e. The molecule has 1 atom stereocenters. The molecule has 1 aliphatic rings. The lowest BCUT2D eigenvalue weighted by molar-refractivity contribution is 0.0206. The maximum absolute atomic E-state index is 12.0. The van der Waals surface area contributed by atoms with Crippen LogP contribution in [-0.4, -0.2) is 24.7 Å². The highest BCUT2D eigenvalue weighted by Gasteiger charge is 2.30. The van der Waals surface area contributed by atoms with Crippen molar-refractivity contribution in [3.05, 3.63) is 28.8 Å². The quantitative estimate of drug-likeness (QED) is 0.844. The number of halogens is 2. The number of benzene rings is 1. The third-order valence-electron chi connectivity index (χ3n) is 3.16. The molecule has 1 fully saturated rings. The Bertz CT molecular complexity index is 460. The SMILES string of the molecule is CC1(CNC(=O)c2ccc(N)cc2Cl)CCCO1.Cl. The third kappa shape index (κ3) is 4.00. The fraction of sp³-hybridized carbons (Fsp3) is 0.462. The number of nitrogens with two attached hydrogens (primary N) is 1. The van der Waals surface area contributed by atoms with Crippen LogP contribution < -0.4 is 11.1 Å². The van der Waals surface area contributed by atoms with Crippen LogP contribution in [-0.2, 0) is 4.74 Å². The molecule has 0 aliphatic carbocycles. The van der Waals surface area contributed by atoms with Gasteiger partial charge in [-0.1, -0.05) is 11.6 Å². The molecule has 1 aliphatic heterocycles. The molecule has 2 rings (SSSR count). The highest BCUT2D eigenvalue weighted by atomic mass is 35.5. The molecule has 0 bridgehead atoms. The first-order valence-corrected chi connectivity index (χ1v) is 6.35. The average molecular weight is 305 g/mol. The minimum absolute atomic E-state index is 0. The molecule has 0 aromatic heterocycles. The lowest BCUT2D eigenvalue weighted by Gasteiger charge is -2.23. The molecular weight excluding hydrogens is 287 g/mol. The first-order chi connectivity index (χ1) is 8.50. The van der Waals surface area contributed by atoms with Crippen molar-refractivity contribution >= 4 is 35.6 Å². The van der Waals surface area contributed by atoms with Gasteiger partial charge < -0.3 is 15.8 Å². The molecule has 3 N–H and O–H groups in total. The largest absolute Gasteiger partial charge is 0.399 e. The second-order valence-corrected chi connectivity index (χ2v) is 5.23. The van der Waals surface area contributed by atoms with E-state index in [4.69, 9.17) is 22.1 Å². The van der Waals surface area contributed by atoms with Gasteiger partial charge in [-0.05, 0) is 38.0 Å². The fourth-order valence-electron chi connectivity index (χ4n) is 2.05. The summed E-state index contributed by atoms with van der Waals surface area (Å²) in [5, 5.41) is 3.22. The van der Waals surface area contributed by atoms with Crippen LogP contribution in [0.3, 0.4) is 0 Å². The van der Waals surface area contributed by atoms with Crippen molar-refractivity contribution in [2.45, 2.75) is 25.4 Å². The van der Waals surface area contributed by atoms with Gasteiger partial charge in [0.15, 0.2) is 0 Å². The molecule has 1 saturated heterocycles. The van der Waals surface area contributed by atoms with Gasteiger partial charge in [0.1, 0.15) is 0 Å². The van der Waals surface area contributed by atoms with Crippen LogP contribution >= 0.6 is 24.0 Å². The number of carbonyl (C=O) groups is 1. The summed E-state index contributed by atoms with van der Waals surface area (Å²) < 4.78 is 5.61. The average Bonchev–Trinajstić information content (AvgIpc) is 2.74. The third-order valence-corrected chi connectivity index (χ3v) is 3.47. The first-order valence-electron chi connectivity index (χ1n) is 5.97. The maximum Gasteiger partial charge on any atom is 0.252 e. The van der Waals surface area contributed by atoms with E-state index in [0.29, 0.717) is 22.8 Å². The molecule has 1 aromatic carbocycles. The minimum atomic E-state index is -0.254. The van der Waals surface area contributed by atoms with Crippen LogP contribution in [0.15, 0.2) is 18.2 Å². The van der Waals surface area contributed by atoms with Crippen molar-refractivity contribution in [3.8, 4) is 0 Å². The fourth-order valence-corrected chi connectivity index (χ4v) is 2.33. The van der Waals surface area contributed by atoms with Crippen LogP contribution in [0.2, 0.25) is 5.02 Å². The van der Waals surface area contributed by atoms with Gasteiger partial charge in [0.05, 0.1) is 16.2 Å². The Morgan fingerprint density at radius 1 is 1.58 bits per heavy atom. The molecule has 0 spiro atoms. The molecule has 106 valence electrons. The smallest absolute Gasteiger partial charge is 0.252 e. The number of amides is 1.